The van der Waals surface area contributed by atoms with Gasteiger partial charge in [-0.2, -0.15) is 0 Å². The zero-order chi connectivity index (χ0) is 11.4. The summed E-state index contributed by atoms with van der Waals surface area (Å²) in [6.07, 6.45) is 9.97. The molecular weight excluding hydrogens is 198 g/mol. The van der Waals surface area contributed by atoms with Crippen molar-refractivity contribution < 1.29 is 4.74 Å². The van der Waals surface area contributed by atoms with Crippen molar-refractivity contribution in [1.82, 2.24) is 5.32 Å². The minimum Gasteiger partial charge on any atom is -0.377 e. The van der Waals surface area contributed by atoms with Gasteiger partial charge in [0.05, 0.1) is 12.7 Å². The van der Waals surface area contributed by atoms with Crippen LogP contribution in [0.1, 0.15) is 58.8 Å². The topological polar surface area (TPSA) is 21.3 Å². The molecule has 0 aromatic rings. The Morgan fingerprint density at radius 3 is 2.50 bits per heavy atom. The van der Waals surface area contributed by atoms with E-state index in [1.807, 2.05) is 0 Å². The summed E-state index contributed by atoms with van der Waals surface area (Å²) in [4.78, 5) is 0. The van der Waals surface area contributed by atoms with E-state index in [1.165, 1.54) is 44.9 Å². The number of hydrogen-bond donors (Lipinski definition) is 1. The van der Waals surface area contributed by atoms with Crippen molar-refractivity contribution in [3.05, 3.63) is 0 Å². The summed E-state index contributed by atoms with van der Waals surface area (Å²) in [5.74, 6) is 0. The van der Waals surface area contributed by atoms with Gasteiger partial charge >= 0.3 is 0 Å². The minimum atomic E-state index is 0.493. The maximum absolute atomic E-state index is 5.87. The summed E-state index contributed by atoms with van der Waals surface area (Å²) in [6, 6.07) is 0.708. The van der Waals surface area contributed by atoms with Crippen LogP contribution < -0.4 is 5.32 Å². The van der Waals surface area contributed by atoms with Crippen LogP contribution in [0.2, 0.25) is 0 Å². The van der Waals surface area contributed by atoms with Gasteiger partial charge in [0.2, 0.25) is 0 Å². The molecule has 2 nitrogen and oxygen atoms in total. The van der Waals surface area contributed by atoms with Crippen LogP contribution in [0.15, 0.2) is 0 Å². The lowest BCUT2D eigenvalue weighted by atomic mass is 9.87. The normalized spacial score (nSPS) is 30.0. The third-order valence-corrected chi connectivity index (χ3v) is 4.41. The largest absolute Gasteiger partial charge is 0.377 e. The van der Waals surface area contributed by atoms with Crippen molar-refractivity contribution in [2.45, 2.75) is 70.9 Å². The fourth-order valence-corrected chi connectivity index (χ4v) is 3.22. The third kappa shape index (κ3) is 3.21. The van der Waals surface area contributed by atoms with Crippen LogP contribution in [0.5, 0.6) is 0 Å². The van der Waals surface area contributed by atoms with Crippen LogP contribution in [-0.2, 0) is 4.74 Å². The van der Waals surface area contributed by atoms with Crippen molar-refractivity contribution in [3.63, 3.8) is 0 Å². The van der Waals surface area contributed by atoms with Gasteiger partial charge in [0.1, 0.15) is 0 Å². The number of hydrogen-bond acceptors (Lipinski definition) is 2. The third-order valence-electron chi connectivity index (χ3n) is 4.41. The molecule has 2 aliphatic carbocycles. The average molecular weight is 225 g/mol. The lowest BCUT2D eigenvalue weighted by Gasteiger charge is -2.28. The predicted molar refractivity (Wildman–Crippen MR) is 67.6 cm³/mol. The van der Waals surface area contributed by atoms with E-state index in [-0.39, 0.29) is 0 Å². The number of nitrogens with one attached hydrogen (secondary N) is 1. The predicted octanol–water partition coefficient (Wildman–Crippen LogP) is 3.11. The van der Waals surface area contributed by atoms with E-state index >= 15 is 0 Å². The van der Waals surface area contributed by atoms with E-state index in [9.17, 15) is 0 Å². The van der Waals surface area contributed by atoms with Crippen LogP contribution in [0.4, 0.5) is 0 Å². The van der Waals surface area contributed by atoms with Crippen LogP contribution in [0, 0.1) is 5.41 Å². The molecule has 0 spiro atoms. The second kappa shape index (κ2) is 5.50. The van der Waals surface area contributed by atoms with E-state index in [0.29, 0.717) is 17.6 Å². The minimum absolute atomic E-state index is 0.493. The molecule has 1 unspecified atom stereocenters. The molecule has 2 rings (SSSR count). The first-order valence-corrected chi connectivity index (χ1v) is 7.03. The molecule has 0 bridgehead atoms. The van der Waals surface area contributed by atoms with Crippen molar-refractivity contribution in [1.29, 1.82) is 0 Å². The molecule has 94 valence electrons. The Kier molecular flexibility index (Phi) is 4.26. The smallest absolute Gasteiger partial charge is 0.0594 e. The summed E-state index contributed by atoms with van der Waals surface area (Å²) in [5, 5.41) is 3.67. The molecule has 2 fully saturated rings. The van der Waals surface area contributed by atoms with Crippen LogP contribution >= 0.6 is 0 Å². The highest BCUT2D eigenvalue weighted by molar-refractivity contribution is 4.89. The maximum Gasteiger partial charge on any atom is 0.0594 e. The van der Waals surface area contributed by atoms with Crippen LogP contribution in [0.25, 0.3) is 0 Å². The molecule has 1 atom stereocenters. The monoisotopic (exact) mass is 225 g/mol. The highest BCUT2D eigenvalue weighted by Gasteiger charge is 2.33. The van der Waals surface area contributed by atoms with Crippen LogP contribution in [0.3, 0.4) is 0 Å². The fourth-order valence-electron chi connectivity index (χ4n) is 3.22. The first-order chi connectivity index (χ1) is 7.68. The van der Waals surface area contributed by atoms with Gasteiger partial charge in [-0.15, -0.1) is 0 Å². The van der Waals surface area contributed by atoms with Gasteiger partial charge in [-0.25, -0.2) is 0 Å². The Morgan fingerprint density at radius 1 is 1.12 bits per heavy atom. The maximum atomic E-state index is 5.87. The Hall–Kier alpha value is -0.0800. The molecule has 0 radical (unpaired) electrons. The molecular formula is C14H27NO. The summed E-state index contributed by atoms with van der Waals surface area (Å²) in [6.45, 7) is 6.70. The van der Waals surface area contributed by atoms with Gasteiger partial charge in [-0.05, 0) is 31.1 Å². The van der Waals surface area contributed by atoms with Gasteiger partial charge in [0.25, 0.3) is 0 Å². The number of rotatable bonds is 5. The van der Waals surface area contributed by atoms with Crippen molar-refractivity contribution in [2.75, 3.05) is 13.2 Å². The van der Waals surface area contributed by atoms with Crippen molar-refractivity contribution in [3.8, 4) is 0 Å². The Bertz CT molecular complexity index is 209. The SMILES string of the molecule is CC1(C)CCCC1NCCOC1CCCC1. The van der Waals surface area contributed by atoms with Gasteiger partial charge in [0.15, 0.2) is 0 Å². The van der Waals surface area contributed by atoms with E-state index in [2.05, 4.69) is 19.2 Å². The first-order valence-electron chi connectivity index (χ1n) is 7.03. The van der Waals surface area contributed by atoms with E-state index < -0.39 is 0 Å². The summed E-state index contributed by atoms with van der Waals surface area (Å²) < 4.78 is 5.87. The lowest BCUT2D eigenvalue weighted by molar-refractivity contribution is 0.0573. The van der Waals surface area contributed by atoms with Gasteiger partial charge in [-0.1, -0.05) is 33.1 Å². The van der Waals surface area contributed by atoms with Crippen molar-refractivity contribution >= 4 is 0 Å². The highest BCUT2D eigenvalue weighted by atomic mass is 16.5. The molecule has 2 aliphatic rings. The Labute approximate surface area is 100 Å². The van der Waals surface area contributed by atoms with Gasteiger partial charge in [-0.3, -0.25) is 0 Å². The second-order valence-corrected chi connectivity index (χ2v) is 6.16. The average Bonchev–Trinajstić information content (AvgIpc) is 2.83. The quantitative estimate of drug-likeness (QED) is 0.726. The molecule has 0 aliphatic heterocycles. The fraction of sp³-hybridized carbons (Fsp3) is 1.00. The number of ether oxygens (including phenoxy) is 1. The Balaban J connectivity index is 1.57. The molecule has 2 heteroatoms. The zero-order valence-corrected chi connectivity index (χ0v) is 10.9. The van der Waals surface area contributed by atoms with Gasteiger partial charge < -0.3 is 10.1 Å². The second-order valence-electron chi connectivity index (χ2n) is 6.16. The van der Waals surface area contributed by atoms with E-state index in [1.54, 1.807) is 0 Å². The zero-order valence-electron chi connectivity index (χ0n) is 10.9. The molecule has 1 N–H and O–H groups in total. The molecule has 0 saturated heterocycles. The summed E-state index contributed by atoms with van der Waals surface area (Å²) in [5.41, 5.74) is 0.493. The van der Waals surface area contributed by atoms with Crippen molar-refractivity contribution in [2.24, 2.45) is 5.41 Å². The molecule has 0 amide bonds. The van der Waals surface area contributed by atoms with E-state index in [0.717, 1.165) is 13.2 Å². The van der Waals surface area contributed by atoms with Crippen LogP contribution in [-0.4, -0.2) is 25.3 Å². The molecule has 2 saturated carbocycles. The van der Waals surface area contributed by atoms with E-state index in [4.69, 9.17) is 4.74 Å². The summed E-state index contributed by atoms with van der Waals surface area (Å²) >= 11 is 0. The lowest BCUT2D eigenvalue weighted by Crippen LogP contribution is -2.39. The molecule has 16 heavy (non-hydrogen) atoms. The first kappa shape index (κ1) is 12.4. The molecule has 0 heterocycles. The highest BCUT2D eigenvalue weighted by Crippen LogP contribution is 2.36. The summed E-state index contributed by atoms with van der Waals surface area (Å²) in [7, 11) is 0. The molecule has 0 aromatic carbocycles. The van der Waals surface area contributed by atoms with Gasteiger partial charge in [0, 0.05) is 12.6 Å². The molecule has 0 aromatic heterocycles. The standard InChI is InChI=1S/C14H27NO/c1-14(2)9-5-8-13(14)15-10-11-16-12-6-3-4-7-12/h12-13,15H,3-11H2,1-2H3. The Morgan fingerprint density at radius 2 is 1.88 bits per heavy atom.